The van der Waals surface area contributed by atoms with Gasteiger partial charge < -0.3 is 19.3 Å². The van der Waals surface area contributed by atoms with Gasteiger partial charge in [0.1, 0.15) is 12.4 Å². The standard InChI is InChI=1S/C13H14O7S/c1-21(16,17)5-4-18-10-7-12-11(19-8-20-12)6-9(10)2-3-13(14)15/h2-3,6-7H,4-5,8H2,1H3,(H,14,15). The monoisotopic (exact) mass is 314 g/mol. The summed E-state index contributed by atoms with van der Waals surface area (Å²) >= 11 is 0. The van der Waals surface area contributed by atoms with Crippen LogP contribution in [0.2, 0.25) is 0 Å². The fourth-order valence-corrected chi connectivity index (χ4v) is 2.04. The molecular weight excluding hydrogens is 300 g/mol. The Morgan fingerprint density at radius 2 is 2.05 bits per heavy atom. The van der Waals surface area contributed by atoms with E-state index in [4.69, 9.17) is 19.3 Å². The Kier molecular flexibility index (Phi) is 4.37. The molecule has 1 aromatic carbocycles. The summed E-state index contributed by atoms with van der Waals surface area (Å²) in [6, 6.07) is 3.13. The van der Waals surface area contributed by atoms with Crippen LogP contribution in [-0.2, 0) is 14.6 Å². The van der Waals surface area contributed by atoms with Gasteiger partial charge in [-0.05, 0) is 12.1 Å². The Morgan fingerprint density at radius 1 is 1.38 bits per heavy atom. The van der Waals surface area contributed by atoms with E-state index in [1.807, 2.05) is 0 Å². The second kappa shape index (κ2) is 6.04. The molecule has 1 aliphatic heterocycles. The molecule has 21 heavy (non-hydrogen) atoms. The van der Waals surface area contributed by atoms with Gasteiger partial charge in [-0.3, -0.25) is 0 Å². The van der Waals surface area contributed by atoms with E-state index < -0.39 is 15.8 Å². The van der Waals surface area contributed by atoms with Crippen molar-refractivity contribution in [1.82, 2.24) is 0 Å². The highest BCUT2D eigenvalue weighted by atomic mass is 32.2. The first-order valence-electron chi connectivity index (χ1n) is 6.00. The van der Waals surface area contributed by atoms with Gasteiger partial charge in [0.05, 0.1) is 5.75 Å². The average Bonchev–Trinajstić information content (AvgIpc) is 2.81. The number of carbonyl (C=O) groups is 1. The number of benzene rings is 1. The first kappa shape index (κ1) is 15.2. The van der Waals surface area contributed by atoms with Crippen LogP contribution in [0.5, 0.6) is 17.2 Å². The lowest BCUT2D eigenvalue weighted by Gasteiger charge is -2.10. The molecule has 0 amide bonds. The maximum absolute atomic E-state index is 11.1. The zero-order chi connectivity index (χ0) is 15.5. The number of ether oxygens (including phenoxy) is 3. The van der Waals surface area contributed by atoms with Gasteiger partial charge >= 0.3 is 5.97 Å². The van der Waals surface area contributed by atoms with Crippen LogP contribution in [-0.4, -0.2) is 44.9 Å². The lowest BCUT2D eigenvalue weighted by Crippen LogP contribution is -2.12. The van der Waals surface area contributed by atoms with E-state index in [0.29, 0.717) is 22.8 Å². The number of rotatable bonds is 6. The van der Waals surface area contributed by atoms with E-state index in [2.05, 4.69) is 0 Å². The minimum Gasteiger partial charge on any atom is -0.492 e. The molecule has 7 nitrogen and oxygen atoms in total. The predicted molar refractivity (Wildman–Crippen MR) is 74.4 cm³/mol. The zero-order valence-electron chi connectivity index (χ0n) is 11.2. The quantitative estimate of drug-likeness (QED) is 0.780. The molecule has 0 saturated heterocycles. The smallest absolute Gasteiger partial charge is 0.328 e. The van der Waals surface area contributed by atoms with Crippen LogP contribution in [0.4, 0.5) is 0 Å². The van der Waals surface area contributed by atoms with Crippen LogP contribution in [0.1, 0.15) is 5.56 Å². The van der Waals surface area contributed by atoms with Crippen LogP contribution in [0.25, 0.3) is 6.08 Å². The predicted octanol–water partition coefficient (Wildman–Crippen LogP) is 0.937. The minimum atomic E-state index is -3.14. The largest absolute Gasteiger partial charge is 0.492 e. The molecule has 1 aromatic rings. The number of hydrogen-bond donors (Lipinski definition) is 1. The molecule has 1 heterocycles. The van der Waals surface area contributed by atoms with Crippen molar-refractivity contribution in [2.24, 2.45) is 0 Å². The van der Waals surface area contributed by atoms with Crippen molar-refractivity contribution in [3.63, 3.8) is 0 Å². The van der Waals surface area contributed by atoms with E-state index in [1.54, 1.807) is 12.1 Å². The topological polar surface area (TPSA) is 99.1 Å². The lowest BCUT2D eigenvalue weighted by atomic mass is 10.1. The van der Waals surface area contributed by atoms with Gasteiger partial charge in [0, 0.05) is 24.0 Å². The van der Waals surface area contributed by atoms with E-state index in [0.717, 1.165) is 12.3 Å². The molecule has 0 radical (unpaired) electrons. The van der Waals surface area contributed by atoms with Gasteiger partial charge in [-0.1, -0.05) is 0 Å². The van der Waals surface area contributed by atoms with Crippen LogP contribution in [0, 0.1) is 0 Å². The van der Waals surface area contributed by atoms with E-state index >= 15 is 0 Å². The Bertz CT molecular complexity index is 676. The summed E-state index contributed by atoms with van der Waals surface area (Å²) in [5.41, 5.74) is 0.468. The number of carboxylic acid groups (broad SMARTS) is 1. The second-order valence-electron chi connectivity index (χ2n) is 4.39. The third-order valence-corrected chi connectivity index (χ3v) is 3.53. The molecule has 0 aromatic heterocycles. The van der Waals surface area contributed by atoms with Crippen LogP contribution < -0.4 is 14.2 Å². The third-order valence-electron chi connectivity index (χ3n) is 2.62. The van der Waals surface area contributed by atoms with Gasteiger partial charge in [-0.2, -0.15) is 0 Å². The summed E-state index contributed by atoms with van der Waals surface area (Å²) in [7, 11) is -3.14. The number of sulfone groups is 1. The summed E-state index contributed by atoms with van der Waals surface area (Å²) in [6.45, 7) is 0.0383. The van der Waals surface area contributed by atoms with Gasteiger partial charge in [0.2, 0.25) is 6.79 Å². The molecule has 2 rings (SSSR count). The second-order valence-corrected chi connectivity index (χ2v) is 6.65. The third kappa shape index (κ3) is 4.38. The molecule has 0 fully saturated rings. The van der Waals surface area contributed by atoms with Gasteiger partial charge in [0.15, 0.2) is 21.3 Å². The average molecular weight is 314 g/mol. The maximum Gasteiger partial charge on any atom is 0.328 e. The van der Waals surface area contributed by atoms with Crippen LogP contribution in [0.15, 0.2) is 18.2 Å². The van der Waals surface area contributed by atoms with Gasteiger partial charge in [-0.25, -0.2) is 13.2 Å². The first-order valence-corrected chi connectivity index (χ1v) is 8.06. The van der Waals surface area contributed by atoms with Gasteiger partial charge in [0.25, 0.3) is 0 Å². The molecule has 0 spiro atoms. The molecule has 0 aliphatic carbocycles. The highest BCUT2D eigenvalue weighted by molar-refractivity contribution is 7.90. The van der Waals surface area contributed by atoms with Crippen molar-refractivity contribution in [2.75, 3.05) is 25.4 Å². The highest BCUT2D eigenvalue weighted by Crippen LogP contribution is 2.38. The molecule has 1 N–H and O–H groups in total. The van der Waals surface area contributed by atoms with E-state index in [9.17, 15) is 13.2 Å². The Balaban J connectivity index is 2.22. The maximum atomic E-state index is 11.1. The summed E-state index contributed by atoms with van der Waals surface area (Å²) in [5, 5.41) is 8.68. The van der Waals surface area contributed by atoms with Crippen molar-refractivity contribution in [3.05, 3.63) is 23.8 Å². The van der Waals surface area contributed by atoms with E-state index in [1.165, 1.54) is 6.08 Å². The molecule has 0 bridgehead atoms. The zero-order valence-corrected chi connectivity index (χ0v) is 12.1. The normalized spacial score (nSPS) is 13.6. The number of hydrogen-bond acceptors (Lipinski definition) is 6. The SMILES string of the molecule is CS(=O)(=O)CCOc1cc2c(cc1C=CC(=O)O)OCO2. The van der Waals surface area contributed by atoms with Crippen LogP contribution >= 0.6 is 0 Å². The van der Waals surface area contributed by atoms with Crippen molar-refractivity contribution in [1.29, 1.82) is 0 Å². The van der Waals surface area contributed by atoms with Crippen LogP contribution in [0.3, 0.4) is 0 Å². The summed E-state index contributed by atoms with van der Waals surface area (Å²) in [6.07, 6.45) is 3.42. The van der Waals surface area contributed by atoms with Gasteiger partial charge in [-0.15, -0.1) is 0 Å². The number of fused-ring (bicyclic) bond motifs is 1. The number of aliphatic carboxylic acids is 1. The van der Waals surface area contributed by atoms with Crippen molar-refractivity contribution < 1.29 is 32.5 Å². The van der Waals surface area contributed by atoms with E-state index in [-0.39, 0.29) is 19.2 Å². The summed E-state index contributed by atoms with van der Waals surface area (Å²) < 4.78 is 38.0. The molecule has 1 aliphatic rings. The Labute approximate surface area is 121 Å². The Morgan fingerprint density at radius 3 is 2.67 bits per heavy atom. The molecule has 0 saturated carbocycles. The lowest BCUT2D eigenvalue weighted by molar-refractivity contribution is -0.131. The van der Waals surface area contributed by atoms with Crippen molar-refractivity contribution in [2.45, 2.75) is 0 Å². The number of carboxylic acids is 1. The highest BCUT2D eigenvalue weighted by Gasteiger charge is 2.17. The first-order chi connectivity index (χ1) is 9.85. The summed E-state index contributed by atoms with van der Waals surface area (Å²) in [4.78, 5) is 10.6. The molecule has 0 atom stereocenters. The minimum absolute atomic E-state index is 0.0353. The molecule has 0 unspecified atom stereocenters. The van der Waals surface area contributed by atoms with Crippen molar-refractivity contribution >= 4 is 21.9 Å². The fraction of sp³-hybridized carbons (Fsp3) is 0.308. The molecule has 114 valence electrons. The summed E-state index contributed by atoms with van der Waals surface area (Å²) in [5.74, 6) is 0.0475. The van der Waals surface area contributed by atoms with Crippen molar-refractivity contribution in [3.8, 4) is 17.2 Å². The Hall–Kier alpha value is -2.22. The molecule has 8 heteroatoms. The fourth-order valence-electron chi connectivity index (χ4n) is 1.66. The molecular formula is C13H14O7S.